The van der Waals surface area contributed by atoms with Gasteiger partial charge in [-0.15, -0.1) is 0 Å². The molecule has 154 valence electrons. The van der Waals surface area contributed by atoms with Crippen molar-refractivity contribution in [3.05, 3.63) is 0 Å². The Balaban J connectivity index is 2.22. The van der Waals surface area contributed by atoms with Gasteiger partial charge in [0.15, 0.2) is 0 Å². The lowest BCUT2D eigenvalue weighted by atomic mass is 10.1. The Morgan fingerprint density at radius 1 is 0.962 bits per heavy atom. The molecule has 0 saturated carbocycles. The average Bonchev–Trinajstić information content (AvgIpc) is 2.63. The Kier molecular flexibility index (Phi) is 13.3. The first-order valence-electron chi connectivity index (χ1n) is 11.2. The summed E-state index contributed by atoms with van der Waals surface area (Å²) in [6, 6.07) is 0. The van der Waals surface area contributed by atoms with Gasteiger partial charge in [0.1, 0.15) is 0 Å². The Morgan fingerprint density at radius 3 is 2.23 bits per heavy atom. The van der Waals surface area contributed by atoms with Gasteiger partial charge in [0.25, 0.3) is 0 Å². The summed E-state index contributed by atoms with van der Waals surface area (Å²) in [7, 11) is -0.721. The summed E-state index contributed by atoms with van der Waals surface area (Å²) in [6.07, 6.45) is 11.7. The third-order valence-electron chi connectivity index (χ3n) is 5.62. The Morgan fingerprint density at radius 2 is 1.62 bits per heavy atom. The number of carbonyl (C=O) groups is 1. The average molecular weight is 385 g/mol. The summed E-state index contributed by atoms with van der Waals surface area (Å²) in [5.41, 5.74) is 0.760. The SMILES string of the molecule is CCCCCCCCCCN1CCN(CCC(=O)OCC)CC1[SiH](C)C. The fourth-order valence-corrected chi connectivity index (χ4v) is 5.81. The smallest absolute Gasteiger partial charge is 0.307 e. The van der Waals surface area contributed by atoms with Crippen LogP contribution in [-0.4, -0.2) is 69.6 Å². The Labute approximate surface area is 164 Å². The van der Waals surface area contributed by atoms with Gasteiger partial charge in [-0.2, -0.15) is 0 Å². The highest BCUT2D eigenvalue weighted by Gasteiger charge is 2.29. The molecular formula is C21H44N2O2Si. The minimum absolute atomic E-state index is 0.0489. The highest BCUT2D eigenvalue weighted by molar-refractivity contribution is 6.57. The largest absolute Gasteiger partial charge is 0.466 e. The number of rotatable bonds is 14. The Hall–Kier alpha value is -0.393. The molecule has 0 aliphatic carbocycles. The first-order chi connectivity index (χ1) is 12.6. The molecule has 0 spiro atoms. The van der Waals surface area contributed by atoms with Crippen molar-refractivity contribution in [3.8, 4) is 0 Å². The molecule has 1 unspecified atom stereocenters. The van der Waals surface area contributed by atoms with Gasteiger partial charge in [-0.05, 0) is 19.9 Å². The maximum absolute atomic E-state index is 11.6. The lowest BCUT2D eigenvalue weighted by Crippen LogP contribution is -2.58. The summed E-state index contributed by atoms with van der Waals surface area (Å²) in [6.45, 7) is 15.2. The van der Waals surface area contributed by atoms with E-state index < -0.39 is 8.80 Å². The van der Waals surface area contributed by atoms with Crippen molar-refractivity contribution >= 4 is 14.8 Å². The molecule has 0 bridgehead atoms. The predicted octanol–water partition coefficient (Wildman–Crippen LogP) is 4.09. The molecule has 1 rings (SSSR count). The molecular weight excluding hydrogens is 340 g/mol. The van der Waals surface area contributed by atoms with Crippen LogP contribution in [0.3, 0.4) is 0 Å². The van der Waals surface area contributed by atoms with E-state index in [9.17, 15) is 4.79 Å². The number of hydrogen-bond donors (Lipinski definition) is 0. The van der Waals surface area contributed by atoms with Crippen molar-refractivity contribution in [1.82, 2.24) is 9.80 Å². The molecule has 26 heavy (non-hydrogen) atoms. The molecule has 0 aromatic carbocycles. The van der Waals surface area contributed by atoms with E-state index in [0.717, 1.165) is 25.3 Å². The second-order valence-electron chi connectivity index (χ2n) is 8.18. The first kappa shape index (κ1) is 23.6. The molecule has 0 radical (unpaired) electrons. The van der Waals surface area contributed by atoms with E-state index in [1.807, 2.05) is 6.92 Å². The third kappa shape index (κ3) is 10.1. The highest BCUT2D eigenvalue weighted by atomic mass is 28.3. The summed E-state index contributed by atoms with van der Waals surface area (Å²) in [4.78, 5) is 16.8. The standard InChI is InChI=1S/C21H44N2O2Si/c1-5-7-8-9-10-11-12-13-15-23-18-17-22(19-20(23)26(3)4)16-14-21(24)25-6-2/h20,26H,5-19H2,1-4H3. The van der Waals surface area contributed by atoms with Crippen LogP contribution in [0, 0.1) is 0 Å². The lowest BCUT2D eigenvalue weighted by molar-refractivity contribution is -0.143. The van der Waals surface area contributed by atoms with Crippen LogP contribution in [0.4, 0.5) is 0 Å². The zero-order valence-corrected chi connectivity index (χ0v) is 19.1. The van der Waals surface area contributed by atoms with Crippen LogP contribution in [0.1, 0.15) is 71.6 Å². The van der Waals surface area contributed by atoms with Crippen LogP contribution in [0.5, 0.6) is 0 Å². The first-order valence-corrected chi connectivity index (χ1v) is 14.2. The minimum Gasteiger partial charge on any atom is -0.466 e. The van der Waals surface area contributed by atoms with Crippen molar-refractivity contribution in [2.45, 2.75) is 90.4 Å². The highest BCUT2D eigenvalue weighted by Crippen LogP contribution is 2.16. The van der Waals surface area contributed by atoms with Crippen molar-refractivity contribution in [2.75, 3.05) is 39.3 Å². The van der Waals surface area contributed by atoms with Crippen LogP contribution in [-0.2, 0) is 9.53 Å². The molecule has 1 heterocycles. The number of unbranched alkanes of at least 4 members (excludes halogenated alkanes) is 7. The number of hydrogen-bond acceptors (Lipinski definition) is 4. The molecule has 1 fully saturated rings. The molecule has 1 aliphatic rings. The van der Waals surface area contributed by atoms with Crippen molar-refractivity contribution in [1.29, 1.82) is 0 Å². The van der Waals surface area contributed by atoms with E-state index in [2.05, 4.69) is 29.8 Å². The molecule has 1 aliphatic heterocycles. The monoisotopic (exact) mass is 384 g/mol. The summed E-state index contributed by atoms with van der Waals surface area (Å²) in [5, 5.41) is 0. The number of carbonyl (C=O) groups excluding carboxylic acids is 1. The van der Waals surface area contributed by atoms with Crippen molar-refractivity contribution in [2.24, 2.45) is 0 Å². The summed E-state index contributed by atoms with van der Waals surface area (Å²) >= 11 is 0. The number of nitrogens with zero attached hydrogens (tertiary/aromatic N) is 2. The molecule has 4 nitrogen and oxygen atoms in total. The van der Waals surface area contributed by atoms with Crippen LogP contribution < -0.4 is 0 Å². The number of ether oxygens (including phenoxy) is 1. The fourth-order valence-electron chi connectivity index (χ4n) is 3.95. The van der Waals surface area contributed by atoms with Gasteiger partial charge >= 0.3 is 5.97 Å². The van der Waals surface area contributed by atoms with Gasteiger partial charge in [0.05, 0.1) is 21.8 Å². The van der Waals surface area contributed by atoms with Crippen LogP contribution >= 0.6 is 0 Å². The quantitative estimate of drug-likeness (QED) is 0.256. The second kappa shape index (κ2) is 14.6. The minimum atomic E-state index is -0.721. The van der Waals surface area contributed by atoms with E-state index in [4.69, 9.17) is 4.74 Å². The van der Waals surface area contributed by atoms with Gasteiger partial charge in [-0.3, -0.25) is 4.79 Å². The maximum atomic E-state index is 11.6. The van der Waals surface area contributed by atoms with Gasteiger partial charge in [0, 0.05) is 31.8 Å². The molecule has 0 N–H and O–H groups in total. The van der Waals surface area contributed by atoms with Crippen molar-refractivity contribution in [3.63, 3.8) is 0 Å². The maximum Gasteiger partial charge on any atom is 0.307 e. The normalized spacial score (nSPS) is 19.2. The fraction of sp³-hybridized carbons (Fsp3) is 0.952. The van der Waals surface area contributed by atoms with Crippen LogP contribution in [0.15, 0.2) is 0 Å². The van der Waals surface area contributed by atoms with Crippen molar-refractivity contribution < 1.29 is 9.53 Å². The molecule has 1 saturated heterocycles. The predicted molar refractivity (Wildman–Crippen MR) is 115 cm³/mol. The van der Waals surface area contributed by atoms with E-state index in [0.29, 0.717) is 13.0 Å². The van der Waals surface area contributed by atoms with Gasteiger partial charge in [-0.1, -0.05) is 65.0 Å². The molecule has 0 aromatic rings. The number of piperazine rings is 1. The Bertz CT molecular complexity index is 366. The van der Waals surface area contributed by atoms with Crippen LogP contribution in [0.25, 0.3) is 0 Å². The second-order valence-corrected chi connectivity index (χ2v) is 11.4. The van der Waals surface area contributed by atoms with E-state index in [1.54, 1.807) is 0 Å². The van der Waals surface area contributed by atoms with Gasteiger partial charge < -0.3 is 14.5 Å². The summed E-state index contributed by atoms with van der Waals surface area (Å²) in [5.74, 6) is -0.0489. The topological polar surface area (TPSA) is 32.8 Å². The molecule has 0 aromatic heterocycles. The van der Waals surface area contributed by atoms with Gasteiger partial charge in [-0.25, -0.2) is 0 Å². The van der Waals surface area contributed by atoms with Crippen LogP contribution in [0.2, 0.25) is 13.1 Å². The zero-order valence-electron chi connectivity index (χ0n) is 18.0. The summed E-state index contributed by atoms with van der Waals surface area (Å²) < 4.78 is 5.07. The third-order valence-corrected chi connectivity index (χ3v) is 7.80. The van der Waals surface area contributed by atoms with E-state index in [1.165, 1.54) is 64.5 Å². The molecule has 0 amide bonds. The molecule has 5 heteroatoms. The zero-order chi connectivity index (χ0) is 19.2. The number of esters is 1. The van der Waals surface area contributed by atoms with E-state index in [-0.39, 0.29) is 5.97 Å². The lowest BCUT2D eigenvalue weighted by Gasteiger charge is -2.43. The molecule has 1 atom stereocenters. The van der Waals surface area contributed by atoms with Gasteiger partial charge in [0.2, 0.25) is 0 Å². The van der Waals surface area contributed by atoms with E-state index >= 15 is 0 Å².